The lowest BCUT2D eigenvalue weighted by atomic mass is 10.1. The highest BCUT2D eigenvalue weighted by Gasteiger charge is 2.20. The van der Waals surface area contributed by atoms with Gasteiger partial charge < -0.3 is 15.1 Å². The molecule has 1 aromatic rings. The highest BCUT2D eigenvalue weighted by Crippen LogP contribution is 2.21. The summed E-state index contributed by atoms with van der Waals surface area (Å²) in [6.45, 7) is 3.31. The second-order valence-corrected chi connectivity index (χ2v) is 4.98. The van der Waals surface area contributed by atoms with E-state index >= 15 is 0 Å². The van der Waals surface area contributed by atoms with Crippen LogP contribution in [0.3, 0.4) is 0 Å². The van der Waals surface area contributed by atoms with Crippen LogP contribution in [-0.2, 0) is 4.79 Å². The topological polar surface area (TPSA) is 60.8 Å². The minimum Gasteiger partial charge on any atom is -0.480 e. The molecule has 0 aromatic heterocycles. The standard InChI is InChI=1S/C12H16ClNO3/c1-12(2,17)8-14(7-11(15)16)10-5-3-4-9(13)6-10/h3-6,17H,7-8H2,1-2H3,(H,15,16). The zero-order valence-electron chi connectivity index (χ0n) is 9.85. The Labute approximate surface area is 105 Å². The molecule has 0 spiro atoms. The maximum atomic E-state index is 10.8. The molecule has 0 bridgehead atoms. The average Bonchev–Trinajstić information content (AvgIpc) is 2.13. The van der Waals surface area contributed by atoms with E-state index in [0.717, 1.165) is 0 Å². The number of nitrogens with zero attached hydrogens (tertiary/aromatic N) is 1. The van der Waals surface area contributed by atoms with Crippen LogP contribution in [0.4, 0.5) is 5.69 Å². The zero-order chi connectivity index (χ0) is 13.1. The van der Waals surface area contributed by atoms with E-state index in [1.165, 1.54) is 0 Å². The third kappa shape index (κ3) is 5.06. The van der Waals surface area contributed by atoms with Gasteiger partial charge in [-0.2, -0.15) is 0 Å². The van der Waals surface area contributed by atoms with Crippen LogP contribution in [0.1, 0.15) is 13.8 Å². The lowest BCUT2D eigenvalue weighted by Gasteiger charge is -2.29. The molecule has 0 saturated heterocycles. The molecule has 0 aliphatic heterocycles. The van der Waals surface area contributed by atoms with Crippen LogP contribution < -0.4 is 4.90 Å². The van der Waals surface area contributed by atoms with Crippen molar-refractivity contribution in [2.45, 2.75) is 19.4 Å². The number of benzene rings is 1. The van der Waals surface area contributed by atoms with E-state index in [0.29, 0.717) is 10.7 Å². The van der Waals surface area contributed by atoms with Gasteiger partial charge in [0.05, 0.1) is 5.60 Å². The summed E-state index contributed by atoms with van der Waals surface area (Å²) in [6.07, 6.45) is 0. The molecule has 0 heterocycles. The summed E-state index contributed by atoms with van der Waals surface area (Å²) in [6, 6.07) is 6.90. The van der Waals surface area contributed by atoms with Gasteiger partial charge in [0.1, 0.15) is 6.54 Å². The summed E-state index contributed by atoms with van der Waals surface area (Å²) < 4.78 is 0. The number of hydrogen-bond donors (Lipinski definition) is 2. The van der Waals surface area contributed by atoms with Gasteiger partial charge in [0, 0.05) is 17.3 Å². The van der Waals surface area contributed by atoms with Crippen molar-refractivity contribution in [3.63, 3.8) is 0 Å². The summed E-state index contributed by atoms with van der Waals surface area (Å²) in [5.74, 6) is -0.950. The number of aliphatic carboxylic acids is 1. The number of carboxylic acid groups (broad SMARTS) is 1. The molecule has 1 rings (SSSR count). The molecule has 0 atom stereocenters. The van der Waals surface area contributed by atoms with Crippen LogP contribution in [0.25, 0.3) is 0 Å². The van der Waals surface area contributed by atoms with Crippen molar-refractivity contribution >= 4 is 23.3 Å². The number of halogens is 1. The van der Waals surface area contributed by atoms with E-state index < -0.39 is 11.6 Å². The van der Waals surface area contributed by atoms with Gasteiger partial charge in [-0.15, -0.1) is 0 Å². The van der Waals surface area contributed by atoms with E-state index in [4.69, 9.17) is 16.7 Å². The van der Waals surface area contributed by atoms with Crippen molar-refractivity contribution < 1.29 is 15.0 Å². The number of carboxylic acids is 1. The van der Waals surface area contributed by atoms with Crippen LogP contribution in [0.5, 0.6) is 0 Å². The first kappa shape index (κ1) is 13.8. The monoisotopic (exact) mass is 257 g/mol. The lowest BCUT2D eigenvalue weighted by Crippen LogP contribution is -2.41. The van der Waals surface area contributed by atoms with Crippen molar-refractivity contribution in [3.8, 4) is 0 Å². The fourth-order valence-corrected chi connectivity index (χ4v) is 1.73. The number of carbonyl (C=O) groups is 1. The van der Waals surface area contributed by atoms with E-state index in [-0.39, 0.29) is 13.1 Å². The molecule has 1 aromatic carbocycles. The Hall–Kier alpha value is -1.26. The van der Waals surface area contributed by atoms with E-state index in [1.54, 1.807) is 43.0 Å². The van der Waals surface area contributed by atoms with Gasteiger partial charge in [-0.05, 0) is 32.0 Å². The lowest BCUT2D eigenvalue weighted by molar-refractivity contribution is -0.135. The van der Waals surface area contributed by atoms with Crippen molar-refractivity contribution in [1.82, 2.24) is 0 Å². The van der Waals surface area contributed by atoms with E-state index in [9.17, 15) is 9.90 Å². The number of hydrogen-bond acceptors (Lipinski definition) is 3. The molecule has 5 heteroatoms. The fraction of sp³-hybridized carbons (Fsp3) is 0.417. The van der Waals surface area contributed by atoms with Crippen LogP contribution in [0.15, 0.2) is 24.3 Å². The van der Waals surface area contributed by atoms with Crippen LogP contribution >= 0.6 is 11.6 Å². The Kier molecular flexibility index (Phi) is 4.37. The Morgan fingerprint density at radius 1 is 1.47 bits per heavy atom. The summed E-state index contributed by atoms with van der Waals surface area (Å²) in [5, 5.41) is 19.2. The van der Waals surface area contributed by atoms with Gasteiger partial charge >= 0.3 is 5.97 Å². The van der Waals surface area contributed by atoms with E-state index in [1.807, 2.05) is 0 Å². The maximum absolute atomic E-state index is 10.8. The minimum atomic E-state index is -0.974. The molecule has 4 nitrogen and oxygen atoms in total. The smallest absolute Gasteiger partial charge is 0.323 e. The fourth-order valence-electron chi connectivity index (χ4n) is 1.54. The molecular formula is C12H16ClNO3. The minimum absolute atomic E-state index is 0.176. The third-order valence-electron chi connectivity index (χ3n) is 2.08. The van der Waals surface area contributed by atoms with Crippen molar-refractivity contribution in [3.05, 3.63) is 29.3 Å². The predicted octanol–water partition coefficient (Wildman–Crippen LogP) is 2.00. The number of aliphatic hydroxyl groups is 1. The number of rotatable bonds is 5. The molecule has 0 fully saturated rings. The normalized spacial score (nSPS) is 11.3. The Morgan fingerprint density at radius 3 is 2.59 bits per heavy atom. The molecular weight excluding hydrogens is 242 g/mol. The Balaban J connectivity index is 2.93. The van der Waals surface area contributed by atoms with Gasteiger partial charge in [0.25, 0.3) is 0 Å². The highest BCUT2D eigenvalue weighted by atomic mass is 35.5. The average molecular weight is 258 g/mol. The van der Waals surface area contributed by atoms with Crippen molar-refractivity contribution in [1.29, 1.82) is 0 Å². The second-order valence-electron chi connectivity index (χ2n) is 4.54. The predicted molar refractivity (Wildman–Crippen MR) is 67.6 cm³/mol. The first-order valence-electron chi connectivity index (χ1n) is 5.22. The zero-order valence-corrected chi connectivity index (χ0v) is 10.6. The van der Waals surface area contributed by atoms with Gasteiger partial charge in [0.15, 0.2) is 0 Å². The van der Waals surface area contributed by atoms with Crippen LogP contribution in [-0.4, -0.2) is 34.9 Å². The van der Waals surface area contributed by atoms with Gasteiger partial charge in [0.2, 0.25) is 0 Å². The van der Waals surface area contributed by atoms with Crippen LogP contribution in [0, 0.1) is 0 Å². The molecule has 2 N–H and O–H groups in total. The molecule has 0 saturated carbocycles. The SMILES string of the molecule is CC(C)(O)CN(CC(=O)O)c1cccc(Cl)c1. The first-order chi connectivity index (χ1) is 7.78. The summed E-state index contributed by atoms with van der Waals surface area (Å²) in [4.78, 5) is 12.4. The van der Waals surface area contributed by atoms with Gasteiger partial charge in [-0.3, -0.25) is 4.79 Å². The summed E-state index contributed by atoms with van der Waals surface area (Å²) >= 11 is 5.86. The summed E-state index contributed by atoms with van der Waals surface area (Å²) in [7, 11) is 0. The quantitative estimate of drug-likeness (QED) is 0.847. The largest absolute Gasteiger partial charge is 0.480 e. The Morgan fingerprint density at radius 2 is 2.12 bits per heavy atom. The second kappa shape index (κ2) is 5.38. The molecule has 0 aliphatic carbocycles. The van der Waals surface area contributed by atoms with E-state index in [2.05, 4.69) is 0 Å². The molecule has 0 amide bonds. The Bertz CT molecular complexity index is 401. The molecule has 17 heavy (non-hydrogen) atoms. The highest BCUT2D eigenvalue weighted by molar-refractivity contribution is 6.30. The van der Waals surface area contributed by atoms with Gasteiger partial charge in [-0.1, -0.05) is 17.7 Å². The summed E-state index contributed by atoms with van der Waals surface area (Å²) in [5.41, 5.74) is -0.292. The first-order valence-corrected chi connectivity index (χ1v) is 5.60. The third-order valence-corrected chi connectivity index (χ3v) is 2.31. The maximum Gasteiger partial charge on any atom is 0.323 e. The van der Waals surface area contributed by atoms with Gasteiger partial charge in [-0.25, -0.2) is 0 Å². The molecule has 0 radical (unpaired) electrons. The number of anilines is 1. The molecule has 0 unspecified atom stereocenters. The van der Waals surface area contributed by atoms with Crippen molar-refractivity contribution in [2.75, 3.05) is 18.0 Å². The molecule has 94 valence electrons. The van der Waals surface area contributed by atoms with Crippen LogP contribution in [0.2, 0.25) is 5.02 Å². The molecule has 0 aliphatic rings. The van der Waals surface area contributed by atoms with Crippen molar-refractivity contribution in [2.24, 2.45) is 0 Å².